The van der Waals surface area contributed by atoms with Gasteiger partial charge in [-0.1, -0.05) is 124 Å². The smallest absolute Gasteiger partial charge is 0.0152 e. The highest BCUT2D eigenvalue weighted by Gasteiger charge is 2.32. The van der Waals surface area contributed by atoms with Gasteiger partial charge in [-0.15, -0.1) is 0 Å². The molecule has 0 fully saturated rings. The number of hydrogen-bond acceptors (Lipinski definition) is 0. The summed E-state index contributed by atoms with van der Waals surface area (Å²) >= 11 is 0. The van der Waals surface area contributed by atoms with Crippen LogP contribution in [0, 0.1) is 27.7 Å². The number of benzene rings is 5. The molecule has 7 rings (SSSR count). The molecule has 0 aliphatic heterocycles. The molecule has 0 heteroatoms. The van der Waals surface area contributed by atoms with Gasteiger partial charge in [-0.2, -0.15) is 0 Å². The molecule has 0 unspecified atom stereocenters. The van der Waals surface area contributed by atoms with E-state index in [4.69, 9.17) is 0 Å². The Morgan fingerprint density at radius 1 is 0.596 bits per heavy atom. The molecule has 2 bridgehead atoms. The van der Waals surface area contributed by atoms with Gasteiger partial charge >= 0.3 is 0 Å². The summed E-state index contributed by atoms with van der Waals surface area (Å²) in [6.45, 7) is 18.7. The summed E-state index contributed by atoms with van der Waals surface area (Å²) in [5, 5.41) is 0. The maximum Gasteiger partial charge on any atom is 0.0152 e. The molecule has 0 aromatic heterocycles. The lowest BCUT2D eigenvalue weighted by Crippen LogP contribution is -2.22. The van der Waals surface area contributed by atoms with E-state index >= 15 is 0 Å². The molecule has 47 heavy (non-hydrogen) atoms. The van der Waals surface area contributed by atoms with E-state index in [0.29, 0.717) is 0 Å². The summed E-state index contributed by atoms with van der Waals surface area (Å²) in [7, 11) is 0. The van der Waals surface area contributed by atoms with Crippen LogP contribution in [0.4, 0.5) is 0 Å². The van der Waals surface area contributed by atoms with Gasteiger partial charge in [0.2, 0.25) is 0 Å². The van der Waals surface area contributed by atoms with Crippen molar-refractivity contribution >= 4 is 5.57 Å². The zero-order chi connectivity index (χ0) is 33.1. The van der Waals surface area contributed by atoms with E-state index in [1.165, 1.54) is 83.5 Å². The summed E-state index contributed by atoms with van der Waals surface area (Å²) in [4.78, 5) is 0. The summed E-state index contributed by atoms with van der Waals surface area (Å²) in [5.41, 5.74) is 21.9. The zero-order valence-corrected chi connectivity index (χ0v) is 29.5. The molecular weight excluding hydrogens is 565 g/mol. The second kappa shape index (κ2) is 11.7. The van der Waals surface area contributed by atoms with Crippen LogP contribution in [0.2, 0.25) is 0 Å². The van der Waals surface area contributed by atoms with E-state index in [2.05, 4.69) is 165 Å². The van der Waals surface area contributed by atoms with Crippen LogP contribution in [0.15, 0.2) is 115 Å². The molecule has 0 heterocycles. The molecule has 2 aliphatic carbocycles. The predicted octanol–water partition coefficient (Wildman–Crippen LogP) is 12.6. The van der Waals surface area contributed by atoms with E-state index in [1.807, 2.05) is 0 Å². The summed E-state index contributed by atoms with van der Waals surface area (Å²) in [5.74, 6) is 0. The number of rotatable bonds is 4. The number of aryl methyl sites for hydroxylation is 2. The molecule has 0 radical (unpaired) electrons. The van der Waals surface area contributed by atoms with Crippen molar-refractivity contribution in [2.45, 2.75) is 85.5 Å². The average Bonchev–Trinajstić information content (AvgIpc) is 3.07. The molecule has 2 aliphatic rings. The number of allylic oxidation sites excluding steroid dienone is 4. The minimum atomic E-state index is -0.122. The molecule has 0 saturated carbocycles. The monoisotopic (exact) mass is 612 g/mol. The highest BCUT2D eigenvalue weighted by atomic mass is 14.4. The van der Waals surface area contributed by atoms with Crippen LogP contribution < -0.4 is 0 Å². The molecule has 5 aromatic carbocycles. The summed E-state index contributed by atoms with van der Waals surface area (Å²) in [6, 6.07) is 37.0. The van der Waals surface area contributed by atoms with Gasteiger partial charge < -0.3 is 0 Å². The Kier molecular flexibility index (Phi) is 7.75. The second-order valence-corrected chi connectivity index (χ2v) is 15.1. The first-order chi connectivity index (χ1) is 22.5. The fourth-order valence-electron chi connectivity index (χ4n) is 8.76. The molecule has 0 atom stereocenters. The van der Waals surface area contributed by atoms with Gasteiger partial charge in [-0.25, -0.2) is 0 Å². The van der Waals surface area contributed by atoms with Crippen LogP contribution in [0.3, 0.4) is 0 Å². The lowest BCUT2D eigenvalue weighted by molar-refractivity contribution is 0.629. The van der Waals surface area contributed by atoms with Crippen LogP contribution >= 0.6 is 0 Å². The van der Waals surface area contributed by atoms with Gasteiger partial charge in [0.15, 0.2) is 0 Å². The Balaban J connectivity index is 1.41. The average molecular weight is 613 g/mol. The van der Waals surface area contributed by atoms with Crippen molar-refractivity contribution in [3.63, 3.8) is 0 Å². The maximum atomic E-state index is 2.49. The molecule has 0 nitrogen and oxygen atoms in total. The van der Waals surface area contributed by atoms with E-state index in [-0.39, 0.29) is 10.8 Å². The van der Waals surface area contributed by atoms with Crippen LogP contribution in [-0.4, -0.2) is 0 Å². The van der Waals surface area contributed by atoms with Gasteiger partial charge in [-0.05, 0) is 149 Å². The van der Waals surface area contributed by atoms with E-state index in [9.17, 15) is 0 Å². The first-order valence-corrected chi connectivity index (χ1v) is 17.4. The largest absolute Gasteiger partial charge is 0.0836 e. The van der Waals surface area contributed by atoms with E-state index < -0.39 is 0 Å². The normalized spacial score (nSPS) is 15.4. The Morgan fingerprint density at radius 2 is 1.32 bits per heavy atom. The molecule has 0 N–H and O–H groups in total. The van der Waals surface area contributed by atoms with Gasteiger partial charge in [0.25, 0.3) is 0 Å². The fourth-order valence-corrected chi connectivity index (χ4v) is 8.76. The lowest BCUT2D eigenvalue weighted by Gasteiger charge is -2.31. The summed E-state index contributed by atoms with van der Waals surface area (Å²) in [6.07, 6.45) is 8.05. The van der Waals surface area contributed by atoms with Crippen molar-refractivity contribution in [3.8, 4) is 22.3 Å². The fraction of sp³-hybridized carbons (Fsp3) is 0.277. The third kappa shape index (κ3) is 5.23. The van der Waals surface area contributed by atoms with Crippen LogP contribution in [0.1, 0.15) is 96.2 Å². The molecule has 5 aromatic rings. The van der Waals surface area contributed by atoms with Crippen molar-refractivity contribution in [2.24, 2.45) is 0 Å². The number of fused-ring (bicyclic) bond motifs is 4. The third-order valence-corrected chi connectivity index (χ3v) is 11.4. The minimum Gasteiger partial charge on any atom is -0.0836 e. The van der Waals surface area contributed by atoms with Crippen molar-refractivity contribution in [1.82, 2.24) is 0 Å². The van der Waals surface area contributed by atoms with Crippen molar-refractivity contribution in [3.05, 3.63) is 170 Å². The first kappa shape index (κ1) is 31.2. The highest BCUT2D eigenvalue weighted by Crippen LogP contribution is 2.46. The van der Waals surface area contributed by atoms with Crippen molar-refractivity contribution in [2.75, 3.05) is 0 Å². The second-order valence-electron chi connectivity index (χ2n) is 15.1. The minimum absolute atomic E-state index is 0.106. The maximum absolute atomic E-state index is 2.49. The van der Waals surface area contributed by atoms with Crippen LogP contribution in [-0.2, 0) is 17.3 Å². The molecule has 0 saturated heterocycles. The molecular formula is C47H48. The molecule has 0 spiro atoms. The topological polar surface area (TPSA) is 0 Å². The Hall–Kier alpha value is -4.42. The standard InChI is InChI=1S/C47H48/c1-30-24-25-34(27-40(30)38-20-15-23-43(32(38)3)46(5,6)42-21-13-9-16-31(42)2)37-28-41-33(4)45(29-37)47(7,8)44-22-14-11-18-36(44)26-35-17-10-12-19-39(35)41/h9,11-16,18-25,27-29H,10,17,26H2,1-8H3. The van der Waals surface area contributed by atoms with E-state index in [0.717, 1.165) is 19.3 Å². The molecule has 0 amide bonds. The third-order valence-electron chi connectivity index (χ3n) is 11.4. The first-order valence-electron chi connectivity index (χ1n) is 17.4. The number of hydrogen-bond donors (Lipinski definition) is 0. The highest BCUT2D eigenvalue weighted by molar-refractivity contribution is 5.86. The van der Waals surface area contributed by atoms with Crippen molar-refractivity contribution in [1.29, 1.82) is 0 Å². The zero-order valence-electron chi connectivity index (χ0n) is 29.5. The van der Waals surface area contributed by atoms with Gasteiger partial charge in [0, 0.05) is 10.8 Å². The Bertz CT molecular complexity index is 2090. The summed E-state index contributed by atoms with van der Waals surface area (Å²) < 4.78 is 0. The predicted molar refractivity (Wildman–Crippen MR) is 202 cm³/mol. The van der Waals surface area contributed by atoms with Crippen LogP contribution in [0.25, 0.3) is 27.8 Å². The van der Waals surface area contributed by atoms with E-state index in [1.54, 1.807) is 5.57 Å². The Morgan fingerprint density at radius 3 is 2.13 bits per heavy atom. The SMILES string of the molecule is Cc1ccc(-c2cc3c(C)c(c2)C(C)(C)c2ccccc2CC2=C3C=CCC2)cc1-c1cccc(C(C)(C)c2ccccc2C)c1C. The van der Waals surface area contributed by atoms with Gasteiger partial charge in [0.1, 0.15) is 0 Å². The van der Waals surface area contributed by atoms with Crippen molar-refractivity contribution < 1.29 is 0 Å². The van der Waals surface area contributed by atoms with Gasteiger partial charge in [0.05, 0.1) is 0 Å². The lowest BCUT2D eigenvalue weighted by atomic mass is 9.72. The molecule has 236 valence electrons. The Labute approximate surface area is 282 Å². The quantitative estimate of drug-likeness (QED) is 0.189. The van der Waals surface area contributed by atoms with Crippen LogP contribution in [0.5, 0.6) is 0 Å². The van der Waals surface area contributed by atoms with Gasteiger partial charge in [-0.3, -0.25) is 0 Å².